The van der Waals surface area contributed by atoms with E-state index in [1.165, 1.54) is 0 Å². The van der Waals surface area contributed by atoms with Crippen LogP contribution < -0.4 is 11.1 Å². The van der Waals surface area contributed by atoms with Crippen LogP contribution in [0.3, 0.4) is 0 Å². The van der Waals surface area contributed by atoms with Crippen LogP contribution >= 0.6 is 0 Å². The van der Waals surface area contributed by atoms with Crippen LogP contribution in [-0.4, -0.2) is 79.7 Å². The number of piperidine rings is 1. The van der Waals surface area contributed by atoms with Gasteiger partial charge in [-0.05, 0) is 44.7 Å². The van der Waals surface area contributed by atoms with Crippen molar-refractivity contribution in [2.75, 3.05) is 32.9 Å². The number of nitrogens with two attached hydrogens (primary N) is 1. The first kappa shape index (κ1) is 29.8. The zero-order valence-electron chi connectivity index (χ0n) is 21.9. The molecule has 1 fully saturated rings. The Morgan fingerprint density at radius 3 is 2.30 bits per heavy atom. The van der Waals surface area contributed by atoms with Gasteiger partial charge < -0.3 is 30.2 Å². The highest BCUT2D eigenvalue weighted by Gasteiger charge is 2.29. The van der Waals surface area contributed by atoms with Crippen molar-refractivity contribution >= 4 is 29.7 Å². The SMILES string of the molecule is CCCCOC(=O)N=C(N)c1ccc(C(=O)N[C@@H](CC)C(=O)N2CCC(OCC(=O)OCC)CC2)cc1. The zero-order valence-corrected chi connectivity index (χ0v) is 21.9. The summed E-state index contributed by atoms with van der Waals surface area (Å²) in [6.45, 7) is 7.00. The van der Waals surface area contributed by atoms with Crippen molar-refractivity contribution in [3.8, 4) is 0 Å². The number of nitrogens with zero attached hydrogens (tertiary/aromatic N) is 2. The van der Waals surface area contributed by atoms with Gasteiger partial charge in [0, 0.05) is 24.2 Å². The minimum atomic E-state index is -0.758. The van der Waals surface area contributed by atoms with Crippen molar-refractivity contribution in [1.82, 2.24) is 10.2 Å². The maximum atomic E-state index is 13.0. The molecule has 1 aliphatic rings. The predicted molar refractivity (Wildman–Crippen MR) is 137 cm³/mol. The second-order valence-electron chi connectivity index (χ2n) is 8.62. The molecule has 37 heavy (non-hydrogen) atoms. The molecule has 0 unspecified atom stereocenters. The summed E-state index contributed by atoms with van der Waals surface area (Å²) in [7, 11) is 0. The lowest BCUT2D eigenvalue weighted by atomic mass is 10.1. The van der Waals surface area contributed by atoms with Crippen LogP contribution in [0.2, 0.25) is 0 Å². The lowest BCUT2D eigenvalue weighted by Crippen LogP contribution is -2.51. The Bertz CT molecular complexity index is 941. The van der Waals surface area contributed by atoms with Gasteiger partial charge in [0.05, 0.1) is 19.3 Å². The summed E-state index contributed by atoms with van der Waals surface area (Å²) >= 11 is 0. The number of unbranched alkanes of at least 4 members (excludes halogenated alkanes) is 1. The van der Waals surface area contributed by atoms with E-state index in [-0.39, 0.29) is 31.1 Å². The Kier molecular flexibility index (Phi) is 12.5. The third kappa shape index (κ3) is 9.83. The van der Waals surface area contributed by atoms with Crippen molar-refractivity contribution < 1.29 is 33.4 Å². The van der Waals surface area contributed by atoms with Gasteiger partial charge in [0.1, 0.15) is 18.5 Å². The second-order valence-corrected chi connectivity index (χ2v) is 8.62. The monoisotopic (exact) mass is 518 g/mol. The van der Waals surface area contributed by atoms with Crippen LogP contribution in [-0.2, 0) is 23.8 Å². The van der Waals surface area contributed by atoms with Crippen molar-refractivity contribution in [3.63, 3.8) is 0 Å². The number of aliphatic imine (C=N–C) groups is 1. The molecule has 3 N–H and O–H groups in total. The number of nitrogens with one attached hydrogen (secondary N) is 1. The normalized spacial score (nSPS) is 15.1. The van der Waals surface area contributed by atoms with Gasteiger partial charge in [-0.3, -0.25) is 9.59 Å². The number of rotatable bonds is 12. The number of hydrogen-bond donors (Lipinski definition) is 2. The molecule has 11 nitrogen and oxygen atoms in total. The van der Waals surface area contributed by atoms with Gasteiger partial charge in [0.15, 0.2) is 0 Å². The number of amidine groups is 1. The molecule has 1 heterocycles. The molecular formula is C26H38N4O7. The Labute approximate surface area is 217 Å². The van der Waals surface area contributed by atoms with Gasteiger partial charge in [-0.15, -0.1) is 0 Å². The molecule has 3 amide bonds. The van der Waals surface area contributed by atoms with Crippen molar-refractivity contribution in [2.24, 2.45) is 10.7 Å². The third-order valence-corrected chi connectivity index (χ3v) is 5.89. The van der Waals surface area contributed by atoms with E-state index >= 15 is 0 Å². The average Bonchev–Trinajstić information content (AvgIpc) is 2.90. The Morgan fingerprint density at radius 1 is 1.05 bits per heavy atom. The molecule has 0 bridgehead atoms. The van der Waals surface area contributed by atoms with E-state index in [0.29, 0.717) is 50.1 Å². The Balaban J connectivity index is 1.87. The van der Waals surface area contributed by atoms with Crippen molar-refractivity contribution in [2.45, 2.75) is 65.0 Å². The number of amides is 3. The van der Waals surface area contributed by atoms with E-state index in [0.717, 1.165) is 12.8 Å². The number of hydrogen-bond acceptors (Lipinski definition) is 7. The fourth-order valence-electron chi connectivity index (χ4n) is 3.72. The summed E-state index contributed by atoms with van der Waals surface area (Å²) in [5.74, 6) is -0.962. The van der Waals surface area contributed by atoms with Gasteiger partial charge in [0.25, 0.3) is 5.91 Å². The molecular weight excluding hydrogens is 480 g/mol. The molecule has 1 aromatic rings. The van der Waals surface area contributed by atoms with Crippen LogP contribution in [0.4, 0.5) is 4.79 Å². The second kappa shape index (κ2) is 15.6. The van der Waals surface area contributed by atoms with Crippen LogP contribution in [0.5, 0.6) is 0 Å². The van der Waals surface area contributed by atoms with Gasteiger partial charge >= 0.3 is 12.1 Å². The lowest BCUT2D eigenvalue weighted by Gasteiger charge is -2.34. The quantitative estimate of drug-likeness (QED) is 0.185. The Morgan fingerprint density at radius 2 is 1.70 bits per heavy atom. The molecule has 1 saturated heterocycles. The molecule has 0 saturated carbocycles. The summed E-state index contributed by atoms with van der Waals surface area (Å²) in [6, 6.07) is 5.60. The largest absolute Gasteiger partial charge is 0.464 e. The van der Waals surface area contributed by atoms with E-state index in [4.69, 9.17) is 19.9 Å². The highest BCUT2D eigenvalue weighted by molar-refractivity contribution is 6.04. The van der Waals surface area contributed by atoms with E-state index in [2.05, 4.69) is 10.3 Å². The number of carbonyl (C=O) groups is 4. The summed E-state index contributed by atoms with van der Waals surface area (Å²) in [5.41, 5.74) is 6.69. The lowest BCUT2D eigenvalue weighted by molar-refractivity contribution is -0.152. The molecule has 1 aromatic carbocycles. The van der Waals surface area contributed by atoms with E-state index in [1.807, 2.05) is 13.8 Å². The van der Waals surface area contributed by atoms with Crippen molar-refractivity contribution in [1.29, 1.82) is 0 Å². The van der Waals surface area contributed by atoms with Crippen LogP contribution in [0.1, 0.15) is 68.8 Å². The number of carbonyl (C=O) groups excluding carboxylic acids is 4. The average molecular weight is 519 g/mol. The Hall–Kier alpha value is -3.47. The summed E-state index contributed by atoms with van der Waals surface area (Å²) < 4.78 is 15.4. The van der Waals surface area contributed by atoms with E-state index in [9.17, 15) is 19.2 Å². The molecule has 11 heteroatoms. The zero-order chi connectivity index (χ0) is 27.2. The van der Waals surface area contributed by atoms with Gasteiger partial charge in [-0.2, -0.15) is 4.99 Å². The highest BCUT2D eigenvalue weighted by atomic mass is 16.6. The number of esters is 1. The van der Waals surface area contributed by atoms with E-state index in [1.54, 1.807) is 36.1 Å². The van der Waals surface area contributed by atoms with Crippen LogP contribution in [0.25, 0.3) is 0 Å². The molecule has 2 rings (SSSR count). The molecule has 0 aromatic heterocycles. The van der Waals surface area contributed by atoms with Crippen LogP contribution in [0.15, 0.2) is 29.3 Å². The number of ether oxygens (including phenoxy) is 3. The molecule has 1 aliphatic heterocycles. The third-order valence-electron chi connectivity index (χ3n) is 5.89. The van der Waals surface area contributed by atoms with Gasteiger partial charge in [-0.1, -0.05) is 32.4 Å². The number of benzene rings is 1. The molecule has 1 atom stereocenters. The van der Waals surface area contributed by atoms with Crippen molar-refractivity contribution in [3.05, 3.63) is 35.4 Å². The van der Waals surface area contributed by atoms with Gasteiger partial charge in [-0.25, -0.2) is 9.59 Å². The minimum Gasteiger partial charge on any atom is -0.464 e. The molecule has 204 valence electrons. The summed E-state index contributed by atoms with van der Waals surface area (Å²) in [6.07, 6.45) is 2.41. The highest BCUT2D eigenvalue weighted by Crippen LogP contribution is 2.16. The summed E-state index contributed by atoms with van der Waals surface area (Å²) in [5, 5.41) is 2.80. The first-order chi connectivity index (χ1) is 17.8. The first-order valence-electron chi connectivity index (χ1n) is 12.8. The van der Waals surface area contributed by atoms with Crippen LogP contribution in [0, 0.1) is 0 Å². The van der Waals surface area contributed by atoms with Gasteiger partial charge in [0.2, 0.25) is 5.91 Å². The number of likely N-dealkylation sites (tertiary alicyclic amines) is 1. The predicted octanol–water partition coefficient (Wildman–Crippen LogP) is 2.41. The topological polar surface area (TPSA) is 150 Å². The standard InChI is InChI=1S/C26H38N4O7/c1-4-7-16-36-26(34)29-23(27)18-8-10-19(11-9-18)24(32)28-21(5-2)25(33)30-14-12-20(13-15-30)37-17-22(31)35-6-3/h8-11,20-21H,4-7,12-17H2,1-3H3,(H,28,32)(H2,27,29,34)/t21-/m0/s1. The maximum absolute atomic E-state index is 13.0. The van der Waals surface area contributed by atoms with E-state index < -0.39 is 24.0 Å². The fourth-order valence-corrected chi connectivity index (χ4v) is 3.72. The maximum Gasteiger partial charge on any atom is 0.435 e. The molecule has 0 radical (unpaired) electrons. The molecule has 0 spiro atoms. The minimum absolute atomic E-state index is 0.00953. The fraction of sp³-hybridized carbons (Fsp3) is 0.577. The smallest absolute Gasteiger partial charge is 0.435 e. The summed E-state index contributed by atoms with van der Waals surface area (Å²) in [4.78, 5) is 54.4. The molecule has 0 aliphatic carbocycles. The first-order valence-corrected chi connectivity index (χ1v) is 12.8.